The molecule has 3 aromatic carbocycles. The summed E-state index contributed by atoms with van der Waals surface area (Å²) in [6, 6.07) is 6.98. The zero-order valence-corrected chi connectivity index (χ0v) is 27.0. The van der Waals surface area contributed by atoms with Gasteiger partial charge in [0.05, 0.1) is 5.30 Å². The Kier molecular flexibility index (Phi) is 9.88. The van der Waals surface area contributed by atoms with Crippen LogP contribution in [0.1, 0.15) is 38.7 Å². The summed E-state index contributed by atoms with van der Waals surface area (Å²) in [4.78, 5) is 76.3. The molecule has 20 heteroatoms. The summed E-state index contributed by atoms with van der Waals surface area (Å²) in [5, 5.41) is 42.0. The van der Waals surface area contributed by atoms with Crippen molar-refractivity contribution in [1.82, 2.24) is 15.1 Å². The number of amides is 4. The average molecular weight is 713 g/mol. The molecule has 2 atom stereocenters. The Morgan fingerprint density at radius 1 is 1.10 bits per heavy atom. The number of piperazine rings is 1. The largest absolute Gasteiger partial charge is 0.549 e. The van der Waals surface area contributed by atoms with Crippen LogP contribution in [0.2, 0.25) is 0 Å². The van der Waals surface area contributed by atoms with E-state index in [9.17, 15) is 58.3 Å². The summed E-state index contributed by atoms with van der Waals surface area (Å²) < 4.78 is 31.3. The van der Waals surface area contributed by atoms with Gasteiger partial charge in [0.1, 0.15) is 34.9 Å². The second-order valence-electron chi connectivity index (χ2n) is 11.5. The number of phenolic OH excluding ortho intramolecular Hbond substituents is 2. The van der Waals surface area contributed by atoms with Gasteiger partial charge in [0.25, 0.3) is 0 Å². The number of amidine groups is 1. The number of urea groups is 1. The Hall–Kier alpha value is -5.49. The van der Waals surface area contributed by atoms with E-state index in [1.165, 1.54) is 37.3 Å². The van der Waals surface area contributed by atoms with Gasteiger partial charge in [0.15, 0.2) is 11.5 Å². The van der Waals surface area contributed by atoms with E-state index in [1.54, 1.807) is 0 Å². The van der Waals surface area contributed by atoms with Crippen LogP contribution in [0.5, 0.6) is 17.2 Å². The molecular weight excluding hydrogens is 683 g/mol. The topological polar surface area (TPSA) is 273 Å². The summed E-state index contributed by atoms with van der Waals surface area (Å²) in [6.45, 7) is 1.04. The van der Waals surface area contributed by atoms with Gasteiger partial charge in [-0.05, 0) is 59.9 Å². The molecule has 0 unspecified atom stereocenters. The zero-order chi connectivity index (χ0) is 36.7. The van der Waals surface area contributed by atoms with Crippen molar-refractivity contribution >= 4 is 49.7 Å². The van der Waals surface area contributed by atoms with Gasteiger partial charge >= 0.3 is 38.5 Å². The Balaban J connectivity index is 1.40. The molecule has 0 spiro atoms. The third-order valence-corrected chi connectivity index (χ3v) is 9.25. The lowest BCUT2D eigenvalue weighted by atomic mass is 9.72. The number of rotatable bonds is 8. The van der Waals surface area contributed by atoms with Gasteiger partial charge in [-0.15, -0.1) is 0 Å². The normalized spacial score (nSPS) is 17.3. The molecule has 1 saturated heterocycles. The van der Waals surface area contributed by atoms with Crippen molar-refractivity contribution in [2.45, 2.75) is 31.9 Å². The first-order valence-electron chi connectivity index (χ1n) is 14.8. The molecule has 262 valence electrons. The molecule has 4 amide bonds. The fourth-order valence-corrected chi connectivity index (χ4v) is 6.05. The van der Waals surface area contributed by atoms with Gasteiger partial charge in [-0.3, -0.25) is 24.0 Å². The number of benzene rings is 3. The number of nitrogens with one attached hydrogen (secondary N) is 1. The predicted molar refractivity (Wildman–Crippen MR) is 172 cm³/mol. The third kappa shape index (κ3) is 7.11. The summed E-state index contributed by atoms with van der Waals surface area (Å²) in [6.07, 6.45) is -0.178. The van der Waals surface area contributed by atoms with Crippen molar-refractivity contribution in [2.24, 2.45) is 10.7 Å². The highest BCUT2D eigenvalue weighted by Crippen LogP contribution is 2.35. The Labute approximate surface area is 282 Å². The Morgan fingerprint density at radius 3 is 2.42 bits per heavy atom. The Morgan fingerprint density at radius 2 is 1.78 bits per heavy atom. The highest BCUT2D eigenvalue weighted by atomic mass is 31.2. The number of carboxylic acids is 1. The molecule has 2 heterocycles. The van der Waals surface area contributed by atoms with E-state index in [4.69, 9.17) is 10.4 Å². The van der Waals surface area contributed by atoms with Crippen LogP contribution in [0.3, 0.4) is 0 Å². The first kappa shape index (κ1) is 35.8. The number of carboxylic acid groups (broad SMARTS) is 1. The standard InChI is InChI=1S/C30H30BFN5O12P/c1-14-17(5-9-20(38)24(14)39)13-36-10-11-37(28(41)27(36)40)30(44)35-23(15-2-6-18(7-3-15)50(46,47)48)26(33)34-21-12-16-4-8-19(32)22(29(42)43)25(16)49-31(21)45/h2-9,21,23,38-39,45H,10-13H2,1H3,(H2,33,34)(H,35,44)(H,42,43)(H2,46,47,48)/t21-,23-/m0/s1. The number of carbonyl (C=O) groups excluding carboxylic acids is 3. The van der Waals surface area contributed by atoms with Crippen LogP contribution in [0, 0.1) is 12.7 Å². The first-order chi connectivity index (χ1) is 23.5. The highest BCUT2D eigenvalue weighted by Gasteiger charge is 2.40. The van der Waals surface area contributed by atoms with Gasteiger partial charge in [-0.1, -0.05) is 24.3 Å². The minimum atomic E-state index is -4.67. The van der Waals surface area contributed by atoms with Crippen molar-refractivity contribution in [2.75, 3.05) is 13.1 Å². The second-order valence-corrected chi connectivity index (χ2v) is 13.1. The summed E-state index contributed by atoms with van der Waals surface area (Å²) in [7, 11) is -6.49. The van der Waals surface area contributed by atoms with E-state index in [1.807, 2.05) is 0 Å². The van der Waals surface area contributed by atoms with E-state index < -0.39 is 67.6 Å². The lowest BCUT2D eigenvalue weighted by Crippen LogP contribution is -2.58. The molecule has 2 aliphatic heterocycles. The number of aromatic carboxylic acids is 1. The van der Waals surface area contributed by atoms with Gasteiger partial charge in [-0.25, -0.2) is 14.0 Å². The van der Waals surface area contributed by atoms with Crippen LogP contribution in [-0.2, 0) is 27.1 Å². The number of aromatic hydroxyl groups is 2. The average Bonchev–Trinajstić information content (AvgIpc) is 3.05. The molecular formula is C30H30BFN5O12P. The lowest BCUT2D eigenvalue weighted by molar-refractivity contribution is -0.154. The van der Waals surface area contributed by atoms with Crippen LogP contribution in [0.25, 0.3) is 0 Å². The number of imide groups is 1. The molecule has 50 heavy (non-hydrogen) atoms. The molecule has 0 bridgehead atoms. The molecule has 3 aromatic rings. The molecule has 0 radical (unpaired) electrons. The van der Waals surface area contributed by atoms with Gasteiger partial charge in [0, 0.05) is 19.6 Å². The number of halogens is 1. The van der Waals surface area contributed by atoms with Crippen LogP contribution < -0.4 is 21.0 Å². The van der Waals surface area contributed by atoms with Crippen molar-refractivity contribution in [3.05, 3.63) is 82.2 Å². The lowest BCUT2D eigenvalue weighted by Gasteiger charge is -2.34. The highest BCUT2D eigenvalue weighted by molar-refractivity contribution is 7.60. The monoisotopic (exact) mass is 713 g/mol. The third-order valence-electron chi connectivity index (χ3n) is 8.28. The number of aliphatic imine (C=N–C) groups is 1. The number of fused-ring (bicyclic) bond motifs is 1. The number of nitrogens with zero attached hydrogens (tertiary/aromatic N) is 3. The fourth-order valence-electron chi connectivity index (χ4n) is 5.51. The van der Waals surface area contributed by atoms with E-state index in [0.29, 0.717) is 16.0 Å². The van der Waals surface area contributed by atoms with Crippen LogP contribution in [-0.4, -0.2) is 95.7 Å². The van der Waals surface area contributed by atoms with Crippen molar-refractivity contribution < 1.29 is 62.9 Å². The number of hydrogen-bond donors (Lipinski definition) is 8. The van der Waals surface area contributed by atoms with Crippen LogP contribution in [0.4, 0.5) is 9.18 Å². The van der Waals surface area contributed by atoms with Crippen molar-refractivity contribution in [1.29, 1.82) is 0 Å². The smallest absolute Gasteiger partial charge is 0.534 e. The minimum absolute atomic E-state index is 0.103. The minimum Gasteiger partial charge on any atom is -0.534 e. The summed E-state index contributed by atoms with van der Waals surface area (Å²) in [5.41, 5.74) is 6.57. The molecule has 9 N–H and O–H groups in total. The van der Waals surface area contributed by atoms with E-state index in [2.05, 4.69) is 10.3 Å². The predicted octanol–water partition coefficient (Wildman–Crippen LogP) is 0.0488. The van der Waals surface area contributed by atoms with Crippen LogP contribution >= 0.6 is 7.60 Å². The van der Waals surface area contributed by atoms with E-state index >= 15 is 0 Å². The van der Waals surface area contributed by atoms with E-state index in [-0.39, 0.29) is 59.8 Å². The van der Waals surface area contributed by atoms with Gasteiger partial charge < -0.3 is 50.7 Å². The molecule has 0 aliphatic carbocycles. The Bertz CT molecular complexity index is 1970. The summed E-state index contributed by atoms with van der Waals surface area (Å²) in [5.74, 6) is -7.69. The molecule has 0 saturated carbocycles. The molecule has 5 rings (SSSR count). The number of carbonyl (C=O) groups is 4. The van der Waals surface area contributed by atoms with Gasteiger partial charge in [0.2, 0.25) is 0 Å². The maximum atomic E-state index is 14.2. The zero-order valence-electron chi connectivity index (χ0n) is 26.1. The summed E-state index contributed by atoms with van der Waals surface area (Å²) >= 11 is 0. The first-order valence-corrected chi connectivity index (χ1v) is 16.4. The quantitative estimate of drug-likeness (QED) is 0.0383. The number of phenols is 2. The van der Waals surface area contributed by atoms with E-state index in [0.717, 1.165) is 23.1 Å². The SMILES string of the molecule is Cc1c(CN2CCN(C(=O)N[C@H](/C(N)=N/[C@H]3Cc4ccc(F)c(C(=O)O)c4OB3O)c3ccc(P(=O)(O)O)cc3)C(=O)C2=O)ccc(O)c1O. The van der Waals surface area contributed by atoms with Crippen LogP contribution in [0.15, 0.2) is 53.5 Å². The van der Waals surface area contributed by atoms with Crippen molar-refractivity contribution in [3.8, 4) is 17.2 Å². The number of hydrogen-bond acceptors (Lipinski definition) is 10. The molecule has 0 aromatic heterocycles. The molecule has 1 fully saturated rings. The second kappa shape index (κ2) is 13.8. The molecule has 17 nitrogen and oxygen atoms in total. The maximum Gasteiger partial charge on any atom is 0.549 e. The maximum absolute atomic E-state index is 14.2. The fraction of sp³-hybridized carbons (Fsp3) is 0.233. The van der Waals surface area contributed by atoms with Crippen molar-refractivity contribution in [3.63, 3.8) is 0 Å². The number of nitrogens with two attached hydrogens (primary N) is 1. The molecule has 2 aliphatic rings. The van der Waals surface area contributed by atoms with Gasteiger partial charge in [-0.2, -0.15) is 0 Å².